The van der Waals surface area contributed by atoms with Crippen molar-refractivity contribution in [2.24, 2.45) is 0 Å². The van der Waals surface area contributed by atoms with Gasteiger partial charge in [-0.05, 0) is 34.7 Å². The topological polar surface area (TPSA) is 70.6 Å². The van der Waals surface area contributed by atoms with Crippen molar-refractivity contribution in [2.45, 2.75) is 6.42 Å². The third-order valence-electron chi connectivity index (χ3n) is 3.21. The van der Waals surface area contributed by atoms with E-state index in [9.17, 15) is 0 Å². The highest BCUT2D eigenvalue weighted by molar-refractivity contribution is 5.58. The normalized spacial score (nSPS) is 10.1. The van der Waals surface area contributed by atoms with E-state index in [1.54, 1.807) is 4.68 Å². The van der Waals surface area contributed by atoms with Gasteiger partial charge in [0.2, 0.25) is 0 Å². The fraction of sp³-hybridized carbons (Fsp3) is 0.125. The van der Waals surface area contributed by atoms with Crippen LogP contribution in [-0.2, 0) is 0 Å². The largest absolute Gasteiger partial charge is 0.308 e. The SMILES string of the molecule is N#CCCN(c1ccccc1)c1nnnn1-c1ccccc1. The first-order valence-electron chi connectivity index (χ1n) is 6.93. The van der Waals surface area contributed by atoms with Crippen molar-refractivity contribution in [3.63, 3.8) is 0 Å². The number of nitriles is 1. The van der Waals surface area contributed by atoms with E-state index in [4.69, 9.17) is 5.26 Å². The Kier molecular flexibility index (Phi) is 4.07. The van der Waals surface area contributed by atoms with Crippen LogP contribution < -0.4 is 4.90 Å². The number of aromatic nitrogens is 4. The summed E-state index contributed by atoms with van der Waals surface area (Å²) in [6.07, 6.45) is 0.385. The first-order chi connectivity index (χ1) is 10.9. The molecule has 6 nitrogen and oxygen atoms in total. The highest BCUT2D eigenvalue weighted by Crippen LogP contribution is 2.24. The number of tetrazole rings is 1. The molecule has 108 valence electrons. The van der Waals surface area contributed by atoms with Crippen molar-refractivity contribution in [3.8, 4) is 11.8 Å². The molecule has 0 atom stereocenters. The zero-order chi connectivity index (χ0) is 15.2. The van der Waals surface area contributed by atoms with Gasteiger partial charge in [-0.2, -0.15) is 9.94 Å². The second-order valence-corrected chi connectivity index (χ2v) is 4.62. The lowest BCUT2D eigenvalue weighted by Crippen LogP contribution is -2.22. The standard InChI is InChI=1S/C16H14N6/c17-12-7-13-21(14-8-3-1-4-9-14)16-18-19-20-22(16)15-10-5-2-6-11-15/h1-6,8-11H,7,13H2. The number of para-hydroxylation sites is 2. The van der Waals surface area contributed by atoms with E-state index in [-0.39, 0.29) is 0 Å². The molecule has 0 amide bonds. The molecule has 1 aromatic heterocycles. The van der Waals surface area contributed by atoms with E-state index >= 15 is 0 Å². The van der Waals surface area contributed by atoms with Crippen LogP contribution in [0.1, 0.15) is 6.42 Å². The number of benzene rings is 2. The van der Waals surface area contributed by atoms with Crippen LogP contribution in [0.5, 0.6) is 0 Å². The van der Waals surface area contributed by atoms with Crippen LogP contribution in [-0.4, -0.2) is 26.8 Å². The van der Waals surface area contributed by atoms with Crippen LogP contribution in [0.3, 0.4) is 0 Å². The molecule has 0 saturated heterocycles. The van der Waals surface area contributed by atoms with Crippen LogP contribution in [0.15, 0.2) is 60.7 Å². The summed E-state index contributed by atoms with van der Waals surface area (Å²) in [6.45, 7) is 0.522. The molecule has 2 aromatic carbocycles. The van der Waals surface area contributed by atoms with Crippen molar-refractivity contribution >= 4 is 11.6 Å². The monoisotopic (exact) mass is 290 g/mol. The van der Waals surface area contributed by atoms with E-state index in [2.05, 4.69) is 21.6 Å². The Morgan fingerprint density at radius 3 is 2.36 bits per heavy atom. The third kappa shape index (κ3) is 2.79. The molecule has 6 heteroatoms. The molecular formula is C16H14N6. The lowest BCUT2D eigenvalue weighted by atomic mass is 10.2. The molecule has 22 heavy (non-hydrogen) atoms. The molecule has 0 saturated carbocycles. The minimum atomic E-state index is 0.385. The summed E-state index contributed by atoms with van der Waals surface area (Å²) >= 11 is 0. The van der Waals surface area contributed by atoms with Crippen LogP contribution >= 0.6 is 0 Å². The summed E-state index contributed by atoms with van der Waals surface area (Å²) in [7, 11) is 0. The number of hydrogen-bond acceptors (Lipinski definition) is 5. The molecule has 0 bridgehead atoms. The van der Waals surface area contributed by atoms with Gasteiger partial charge in [-0.3, -0.25) is 0 Å². The Morgan fingerprint density at radius 1 is 1.00 bits per heavy atom. The molecule has 3 rings (SSSR count). The van der Waals surface area contributed by atoms with Gasteiger partial charge in [0.05, 0.1) is 18.2 Å². The van der Waals surface area contributed by atoms with Crippen molar-refractivity contribution in [2.75, 3.05) is 11.4 Å². The number of nitrogens with zero attached hydrogens (tertiary/aromatic N) is 6. The molecule has 0 spiro atoms. The highest BCUT2D eigenvalue weighted by Gasteiger charge is 2.17. The predicted molar refractivity (Wildman–Crippen MR) is 82.8 cm³/mol. The predicted octanol–water partition coefficient (Wildman–Crippen LogP) is 2.71. The molecular weight excluding hydrogens is 276 g/mol. The molecule has 0 aliphatic heterocycles. The Balaban J connectivity index is 2.03. The molecule has 0 aliphatic carbocycles. The van der Waals surface area contributed by atoms with Crippen LogP contribution in [0, 0.1) is 11.3 Å². The molecule has 0 fully saturated rings. The quantitative estimate of drug-likeness (QED) is 0.722. The van der Waals surface area contributed by atoms with Gasteiger partial charge in [-0.1, -0.05) is 41.5 Å². The second-order valence-electron chi connectivity index (χ2n) is 4.62. The van der Waals surface area contributed by atoms with Gasteiger partial charge in [-0.15, -0.1) is 0 Å². The average molecular weight is 290 g/mol. The van der Waals surface area contributed by atoms with Gasteiger partial charge in [0.1, 0.15) is 0 Å². The first-order valence-corrected chi connectivity index (χ1v) is 6.93. The Hall–Kier alpha value is -3.20. The summed E-state index contributed by atoms with van der Waals surface area (Å²) in [4.78, 5) is 1.94. The zero-order valence-corrected chi connectivity index (χ0v) is 11.9. The minimum absolute atomic E-state index is 0.385. The minimum Gasteiger partial charge on any atom is -0.308 e. The number of anilines is 2. The van der Waals surface area contributed by atoms with Crippen LogP contribution in [0.2, 0.25) is 0 Å². The van der Waals surface area contributed by atoms with Gasteiger partial charge >= 0.3 is 0 Å². The van der Waals surface area contributed by atoms with E-state index in [1.807, 2.05) is 65.6 Å². The smallest absolute Gasteiger partial charge is 0.254 e. The fourth-order valence-corrected chi connectivity index (χ4v) is 2.20. The average Bonchev–Trinajstić information content (AvgIpc) is 3.06. The lowest BCUT2D eigenvalue weighted by Gasteiger charge is -2.22. The molecule has 0 N–H and O–H groups in total. The maximum absolute atomic E-state index is 8.91. The van der Waals surface area contributed by atoms with E-state index in [1.165, 1.54) is 0 Å². The Bertz CT molecular complexity index is 760. The van der Waals surface area contributed by atoms with Crippen LogP contribution in [0.4, 0.5) is 11.6 Å². The zero-order valence-electron chi connectivity index (χ0n) is 11.9. The molecule has 1 heterocycles. The molecule has 0 aliphatic rings. The number of hydrogen-bond donors (Lipinski definition) is 0. The summed E-state index contributed by atoms with van der Waals surface area (Å²) < 4.78 is 1.67. The van der Waals surface area contributed by atoms with Gasteiger partial charge in [0.25, 0.3) is 5.95 Å². The summed E-state index contributed by atoms with van der Waals surface area (Å²) in [5, 5.41) is 20.9. The van der Waals surface area contributed by atoms with Crippen molar-refractivity contribution < 1.29 is 0 Å². The molecule has 0 unspecified atom stereocenters. The highest BCUT2D eigenvalue weighted by atomic mass is 15.6. The van der Waals surface area contributed by atoms with Crippen LogP contribution in [0.25, 0.3) is 5.69 Å². The van der Waals surface area contributed by atoms with Crippen molar-refractivity contribution in [1.29, 1.82) is 5.26 Å². The number of rotatable bonds is 5. The van der Waals surface area contributed by atoms with E-state index < -0.39 is 0 Å². The molecule has 3 aromatic rings. The van der Waals surface area contributed by atoms with E-state index in [0.717, 1.165) is 11.4 Å². The third-order valence-corrected chi connectivity index (χ3v) is 3.21. The maximum Gasteiger partial charge on any atom is 0.254 e. The van der Waals surface area contributed by atoms with Gasteiger partial charge in [0, 0.05) is 12.2 Å². The Labute approximate surface area is 128 Å². The Morgan fingerprint density at radius 2 is 1.68 bits per heavy atom. The maximum atomic E-state index is 8.91. The summed E-state index contributed by atoms with van der Waals surface area (Å²) in [6, 6.07) is 21.7. The van der Waals surface area contributed by atoms with Gasteiger partial charge < -0.3 is 4.90 Å². The van der Waals surface area contributed by atoms with Gasteiger partial charge in [0.15, 0.2) is 0 Å². The van der Waals surface area contributed by atoms with Gasteiger partial charge in [-0.25, -0.2) is 0 Å². The van der Waals surface area contributed by atoms with Crippen molar-refractivity contribution in [1.82, 2.24) is 20.2 Å². The van der Waals surface area contributed by atoms with Crippen molar-refractivity contribution in [3.05, 3.63) is 60.7 Å². The first kappa shape index (κ1) is 13.8. The fourth-order valence-electron chi connectivity index (χ4n) is 2.20. The second kappa shape index (κ2) is 6.50. The molecule has 0 radical (unpaired) electrons. The summed E-state index contributed by atoms with van der Waals surface area (Å²) in [5.74, 6) is 0.590. The lowest BCUT2D eigenvalue weighted by molar-refractivity contribution is 0.779. The summed E-state index contributed by atoms with van der Waals surface area (Å²) in [5.41, 5.74) is 1.82. The van der Waals surface area contributed by atoms with E-state index in [0.29, 0.717) is 18.9 Å².